The van der Waals surface area contributed by atoms with Gasteiger partial charge in [0.1, 0.15) is 0 Å². The van der Waals surface area contributed by atoms with E-state index in [1.807, 2.05) is 24.0 Å². The fourth-order valence-electron chi connectivity index (χ4n) is 3.00. The number of carboxylic acids is 1. The van der Waals surface area contributed by atoms with E-state index >= 15 is 0 Å². The highest BCUT2D eigenvalue weighted by Crippen LogP contribution is 2.34. The molecule has 2 unspecified atom stereocenters. The average Bonchev–Trinajstić information content (AvgIpc) is 2.72. The lowest BCUT2D eigenvalue weighted by Crippen LogP contribution is -2.33. The molecular weight excluding hydrogens is 268 g/mol. The van der Waals surface area contributed by atoms with Gasteiger partial charge >= 0.3 is 5.97 Å². The third-order valence-electron chi connectivity index (χ3n) is 3.99. The first kappa shape index (κ1) is 15.5. The second kappa shape index (κ2) is 6.26. The van der Waals surface area contributed by atoms with E-state index < -0.39 is 5.97 Å². The molecule has 0 saturated heterocycles. The second-order valence-electron chi connectivity index (χ2n) is 5.72. The van der Waals surface area contributed by atoms with Crippen LogP contribution in [0.5, 0.6) is 0 Å². The lowest BCUT2D eigenvalue weighted by molar-refractivity contribution is -0.137. The topological polar surface area (TPSA) is 83.6 Å². The van der Waals surface area contributed by atoms with E-state index in [9.17, 15) is 9.59 Å². The first-order valence-corrected chi connectivity index (χ1v) is 7.30. The Hall–Kier alpha value is -1.88. The Morgan fingerprint density at radius 3 is 2.81 bits per heavy atom. The van der Waals surface area contributed by atoms with Crippen LogP contribution in [0.1, 0.15) is 50.3 Å². The van der Waals surface area contributed by atoms with Gasteiger partial charge in [0.05, 0.1) is 0 Å². The number of anilines is 1. The van der Waals surface area contributed by atoms with Gasteiger partial charge in [0, 0.05) is 31.1 Å². The van der Waals surface area contributed by atoms with Crippen LogP contribution in [0.4, 0.5) is 5.69 Å². The number of amides is 1. The molecule has 3 N–H and O–H groups in total. The Kier molecular flexibility index (Phi) is 4.63. The molecule has 0 aromatic heterocycles. The highest BCUT2D eigenvalue weighted by atomic mass is 16.4. The van der Waals surface area contributed by atoms with Gasteiger partial charge in [0.15, 0.2) is 0 Å². The third-order valence-corrected chi connectivity index (χ3v) is 3.99. The molecular formula is C16H22N2O3. The number of carbonyl (C=O) groups is 2. The van der Waals surface area contributed by atoms with Gasteiger partial charge in [-0.25, -0.2) is 0 Å². The van der Waals surface area contributed by atoms with Crippen molar-refractivity contribution in [3.8, 4) is 0 Å². The summed E-state index contributed by atoms with van der Waals surface area (Å²) in [6, 6.07) is 5.97. The molecule has 0 saturated carbocycles. The minimum absolute atomic E-state index is 0.0553. The van der Waals surface area contributed by atoms with Gasteiger partial charge in [-0.05, 0) is 43.4 Å². The number of carbonyl (C=O) groups excluding carboxylic acids is 1. The van der Waals surface area contributed by atoms with Gasteiger partial charge in [-0.1, -0.05) is 12.1 Å². The number of nitrogens with two attached hydrogens (primary N) is 1. The maximum Gasteiger partial charge on any atom is 0.303 e. The molecule has 2 atom stereocenters. The van der Waals surface area contributed by atoms with Gasteiger partial charge in [0.25, 0.3) is 0 Å². The lowest BCUT2D eigenvalue weighted by atomic mass is 9.98. The Balaban J connectivity index is 2.10. The molecule has 1 aliphatic rings. The zero-order valence-electron chi connectivity index (χ0n) is 12.5. The maximum atomic E-state index is 11.7. The summed E-state index contributed by atoms with van der Waals surface area (Å²) in [5, 5.41) is 8.66. The van der Waals surface area contributed by atoms with Crippen LogP contribution in [0, 0.1) is 0 Å². The molecule has 0 radical (unpaired) electrons. The smallest absolute Gasteiger partial charge is 0.303 e. The zero-order chi connectivity index (χ0) is 15.6. The van der Waals surface area contributed by atoms with Gasteiger partial charge in [-0.2, -0.15) is 0 Å². The van der Waals surface area contributed by atoms with Crippen LogP contribution in [0.2, 0.25) is 0 Å². The van der Waals surface area contributed by atoms with E-state index in [4.69, 9.17) is 10.8 Å². The van der Waals surface area contributed by atoms with Crippen LogP contribution in [-0.4, -0.2) is 23.0 Å². The fourth-order valence-corrected chi connectivity index (χ4v) is 3.00. The van der Waals surface area contributed by atoms with Crippen LogP contribution in [0.15, 0.2) is 18.2 Å². The number of nitrogens with zero attached hydrogens (tertiary/aromatic N) is 1. The van der Waals surface area contributed by atoms with E-state index in [1.165, 1.54) is 0 Å². The van der Waals surface area contributed by atoms with Crippen molar-refractivity contribution in [2.75, 3.05) is 4.90 Å². The van der Waals surface area contributed by atoms with Crippen LogP contribution < -0.4 is 10.6 Å². The summed E-state index contributed by atoms with van der Waals surface area (Å²) in [5.41, 5.74) is 9.25. The SMILES string of the molecule is CC(=O)N1c2ccc(C(N)CCCC(=O)O)cc2CC1C. The molecule has 0 bridgehead atoms. The van der Waals surface area contributed by atoms with Crippen molar-refractivity contribution < 1.29 is 14.7 Å². The zero-order valence-corrected chi connectivity index (χ0v) is 12.5. The summed E-state index contributed by atoms with van der Waals surface area (Å²) in [7, 11) is 0. The quantitative estimate of drug-likeness (QED) is 0.871. The standard InChI is InChI=1S/C16H22N2O3/c1-10-8-13-9-12(14(17)4-3-5-16(20)21)6-7-15(13)18(10)11(2)19/h6-7,9-10,14H,3-5,8,17H2,1-2H3,(H,20,21). The maximum absolute atomic E-state index is 11.7. The minimum Gasteiger partial charge on any atom is -0.481 e. The molecule has 1 aromatic carbocycles. The lowest BCUT2D eigenvalue weighted by Gasteiger charge is -2.21. The molecule has 5 nitrogen and oxygen atoms in total. The summed E-state index contributed by atoms with van der Waals surface area (Å²) < 4.78 is 0. The van der Waals surface area contributed by atoms with E-state index in [2.05, 4.69) is 6.07 Å². The number of aliphatic carboxylic acids is 1. The normalized spacial score (nSPS) is 18.4. The average molecular weight is 290 g/mol. The Morgan fingerprint density at radius 1 is 1.48 bits per heavy atom. The molecule has 5 heteroatoms. The van der Waals surface area contributed by atoms with Crippen molar-refractivity contribution in [2.45, 2.75) is 51.6 Å². The molecule has 114 valence electrons. The van der Waals surface area contributed by atoms with Gasteiger partial charge < -0.3 is 15.7 Å². The van der Waals surface area contributed by atoms with E-state index in [-0.39, 0.29) is 24.4 Å². The second-order valence-corrected chi connectivity index (χ2v) is 5.72. The Labute approximate surface area is 124 Å². The van der Waals surface area contributed by atoms with Gasteiger partial charge in [-0.3, -0.25) is 9.59 Å². The number of rotatable bonds is 5. The van der Waals surface area contributed by atoms with Crippen molar-refractivity contribution in [1.29, 1.82) is 0 Å². The summed E-state index contributed by atoms with van der Waals surface area (Å²) in [4.78, 5) is 24.0. The van der Waals surface area contributed by atoms with E-state index in [0.717, 1.165) is 23.2 Å². The van der Waals surface area contributed by atoms with Crippen LogP contribution in [0.25, 0.3) is 0 Å². The first-order valence-electron chi connectivity index (χ1n) is 7.30. The minimum atomic E-state index is -0.790. The third kappa shape index (κ3) is 3.42. The van der Waals surface area contributed by atoms with Crippen molar-refractivity contribution in [3.05, 3.63) is 29.3 Å². The first-order chi connectivity index (χ1) is 9.90. The number of carboxylic acid groups (broad SMARTS) is 1. The van der Waals surface area contributed by atoms with Crippen LogP contribution in [-0.2, 0) is 16.0 Å². The van der Waals surface area contributed by atoms with E-state index in [0.29, 0.717) is 12.8 Å². The highest BCUT2D eigenvalue weighted by Gasteiger charge is 2.29. The van der Waals surface area contributed by atoms with Crippen molar-refractivity contribution in [1.82, 2.24) is 0 Å². The number of hydrogen-bond acceptors (Lipinski definition) is 3. The Bertz CT molecular complexity index is 556. The van der Waals surface area contributed by atoms with Crippen molar-refractivity contribution in [3.63, 3.8) is 0 Å². The summed E-state index contributed by atoms with van der Waals surface area (Å²) in [5.74, 6) is -0.734. The predicted molar refractivity (Wildman–Crippen MR) is 81.2 cm³/mol. The fraction of sp³-hybridized carbons (Fsp3) is 0.500. The largest absolute Gasteiger partial charge is 0.481 e. The number of hydrogen-bond donors (Lipinski definition) is 2. The number of fused-ring (bicyclic) bond motifs is 1. The molecule has 0 aliphatic carbocycles. The van der Waals surface area contributed by atoms with Crippen LogP contribution in [0.3, 0.4) is 0 Å². The molecule has 1 aliphatic heterocycles. The molecule has 1 amide bonds. The summed E-state index contributed by atoms with van der Waals surface area (Å²) in [6.45, 7) is 3.62. The number of benzene rings is 1. The van der Waals surface area contributed by atoms with Crippen LogP contribution >= 0.6 is 0 Å². The summed E-state index contributed by atoms with van der Waals surface area (Å²) >= 11 is 0. The predicted octanol–water partition coefficient (Wildman–Crippen LogP) is 2.24. The monoisotopic (exact) mass is 290 g/mol. The molecule has 0 fully saturated rings. The van der Waals surface area contributed by atoms with Crippen molar-refractivity contribution in [2.24, 2.45) is 5.73 Å². The van der Waals surface area contributed by atoms with Gasteiger partial charge in [-0.15, -0.1) is 0 Å². The summed E-state index contributed by atoms with van der Waals surface area (Å²) in [6.07, 6.45) is 2.21. The molecule has 0 spiro atoms. The molecule has 1 aromatic rings. The van der Waals surface area contributed by atoms with Gasteiger partial charge in [0.2, 0.25) is 5.91 Å². The Morgan fingerprint density at radius 2 is 2.19 bits per heavy atom. The van der Waals surface area contributed by atoms with E-state index in [1.54, 1.807) is 6.92 Å². The molecule has 2 rings (SSSR count). The highest BCUT2D eigenvalue weighted by molar-refractivity contribution is 5.94. The van der Waals surface area contributed by atoms with Crippen molar-refractivity contribution >= 4 is 17.6 Å². The molecule has 1 heterocycles. The molecule has 21 heavy (non-hydrogen) atoms.